The number of hydrogen-bond donors (Lipinski definition) is 2. The number of nitrogens with one attached hydrogen (secondary N) is 2. The van der Waals surface area contributed by atoms with E-state index in [4.69, 9.17) is 9.47 Å². The molecule has 0 spiro atoms. The molecule has 0 heterocycles. The fraction of sp³-hybridized carbons (Fsp3) is 0.409. The molecule has 0 fully saturated rings. The van der Waals surface area contributed by atoms with Crippen molar-refractivity contribution in [3.8, 4) is 11.5 Å². The van der Waals surface area contributed by atoms with E-state index in [0.717, 1.165) is 12.0 Å². The minimum atomic E-state index is -0.179. The molecule has 5 heteroatoms. The second-order valence-electron chi connectivity index (χ2n) is 7.37. The molecular formula is C22H30N2O3. The van der Waals surface area contributed by atoms with Crippen LogP contribution in [0.25, 0.3) is 0 Å². The summed E-state index contributed by atoms with van der Waals surface area (Å²) in [5.41, 5.74) is 2.20. The molecule has 0 aliphatic rings. The first-order valence-corrected chi connectivity index (χ1v) is 9.16. The van der Waals surface area contributed by atoms with Gasteiger partial charge >= 0.3 is 6.03 Å². The predicted molar refractivity (Wildman–Crippen MR) is 108 cm³/mol. The topological polar surface area (TPSA) is 59.6 Å². The highest BCUT2D eigenvalue weighted by atomic mass is 16.5. The van der Waals surface area contributed by atoms with Crippen molar-refractivity contribution in [2.45, 2.75) is 45.2 Å². The van der Waals surface area contributed by atoms with Gasteiger partial charge in [-0.15, -0.1) is 0 Å². The number of carbonyl (C=O) groups excluding carboxylic acids is 1. The van der Waals surface area contributed by atoms with E-state index in [-0.39, 0.29) is 17.5 Å². The Morgan fingerprint density at radius 2 is 1.70 bits per heavy atom. The Balaban J connectivity index is 1.86. The predicted octanol–water partition coefficient (Wildman–Crippen LogP) is 4.26. The highest BCUT2D eigenvalue weighted by Crippen LogP contribution is 2.28. The van der Waals surface area contributed by atoms with Crippen LogP contribution in [-0.4, -0.2) is 26.3 Å². The lowest BCUT2D eigenvalue weighted by Crippen LogP contribution is -2.42. The van der Waals surface area contributed by atoms with E-state index in [1.54, 1.807) is 14.2 Å². The van der Waals surface area contributed by atoms with Gasteiger partial charge in [0.15, 0.2) is 11.5 Å². The molecule has 146 valence electrons. The van der Waals surface area contributed by atoms with Crippen molar-refractivity contribution in [1.82, 2.24) is 10.6 Å². The summed E-state index contributed by atoms with van der Waals surface area (Å²) in [5.74, 6) is 1.32. The van der Waals surface area contributed by atoms with Crippen LogP contribution < -0.4 is 20.1 Å². The van der Waals surface area contributed by atoms with E-state index in [9.17, 15) is 4.79 Å². The van der Waals surface area contributed by atoms with Gasteiger partial charge in [-0.05, 0) is 42.0 Å². The summed E-state index contributed by atoms with van der Waals surface area (Å²) in [4.78, 5) is 12.2. The van der Waals surface area contributed by atoms with E-state index in [1.165, 1.54) is 5.56 Å². The van der Waals surface area contributed by atoms with E-state index < -0.39 is 0 Å². The van der Waals surface area contributed by atoms with E-state index in [2.05, 4.69) is 36.6 Å². The average Bonchev–Trinajstić information content (AvgIpc) is 2.66. The van der Waals surface area contributed by atoms with Crippen molar-refractivity contribution in [3.05, 3.63) is 59.7 Å². The summed E-state index contributed by atoms with van der Waals surface area (Å²) in [6.45, 7) is 6.84. The molecule has 2 N–H and O–H groups in total. The van der Waals surface area contributed by atoms with Crippen molar-refractivity contribution >= 4 is 6.03 Å². The first-order chi connectivity index (χ1) is 12.9. The number of ether oxygens (including phenoxy) is 2. The van der Waals surface area contributed by atoms with Gasteiger partial charge in [0.25, 0.3) is 0 Å². The van der Waals surface area contributed by atoms with Crippen molar-refractivity contribution < 1.29 is 14.3 Å². The Labute approximate surface area is 162 Å². The zero-order valence-corrected chi connectivity index (χ0v) is 16.8. The second-order valence-corrected chi connectivity index (χ2v) is 7.37. The van der Waals surface area contributed by atoms with Crippen molar-refractivity contribution in [2.24, 2.45) is 0 Å². The Hall–Kier alpha value is -2.69. The molecular weight excluding hydrogens is 340 g/mol. The highest BCUT2D eigenvalue weighted by Gasteiger charge is 2.23. The molecule has 0 aliphatic heterocycles. The van der Waals surface area contributed by atoms with E-state index in [1.807, 2.05) is 43.3 Å². The van der Waals surface area contributed by atoms with Crippen LogP contribution in [0.3, 0.4) is 0 Å². The lowest BCUT2D eigenvalue weighted by molar-refractivity contribution is 0.234. The van der Waals surface area contributed by atoms with Crippen LogP contribution >= 0.6 is 0 Å². The summed E-state index contributed by atoms with van der Waals surface area (Å²) >= 11 is 0. The molecule has 0 aromatic heterocycles. The van der Waals surface area contributed by atoms with Crippen molar-refractivity contribution in [3.63, 3.8) is 0 Å². The molecule has 1 unspecified atom stereocenters. The molecule has 1 atom stereocenters. The molecule has 2 rings (SSSR count). The summed E-state index contributed by atoms with van der Waals surface area (Å²) in [7, 11) is 3.19. The number of rotatable bonds is 8. The van der Waals surface area contributed by atoms with Crippen LogP contribution in [0.4, 0.5) is 4.79 Å². The minimum absolute atomic E-state index is 0.0166. The fourth-order valence-electron chi connectivity index (χ4n) is 3.27. The van der Waals surface area contributed by atoms with Gasteiger partial charge in [-0.25, -0.2) is 4.79 Å². The molecule has 2 aromatic rings. The lowest BCUT2D eigenvalue weighted by Gasteiger charge is -2.29. The molecule has 27 heavy (non-hydrogen) atoms. The number of urea groups is 1. The Morgan fingerprint density at radius 1 is 1.04 bits per heavy atom. The van der Waals surface area contributed by atoms with Gasteiger partial charge < -0.3 is 20.1 Å². The van der Waals surface area contributed by atoms with Crippen LogP contribution in [0.2, 0.25) is 0 Å². The summed E-state index contributed by atoms with van der Waals surface area (Å²) < 4.78 is 10.5. The number of benzene rings is 2. The Morgan fingerprint density at radius 3 is 2.33 bits per heavy atom. The number of amides is 2. The normalized spacial score (nSPS) is 12.2. The SMILES string of the molecule is COc1ccc(CNC(=O)NC(C)CC(C)(C)c2ccccc2)cc1OC. The summed E-state index contributed by atoms with van der Waals surface area (Å²) in [6.07, 6.45) is 0.848. The third-order valence-electron chi connectivity index (χ3n) is 4.65. The third-order valence-corrected chi connectivity index (χ3v) is 4.65. The Bertz CT molecular complexity index is 744. The number of methoxy groups -OCH3 is 2. The third kappa shape index (κ3) is 5.91. The first-order valence-electron chi connectivity index (χ1n) is 9.16. The average molecular weight is 370 g/mol. The monoisotopic (exact) mass is 370 g/mol. The molecule has 2 amide bonds. The number of hydrogen-bond acceptors (Lipinski definition) is 3. The molecule has 5 nitrogen and oxygen atoms in total. The van der Waals surface area contributed by atoms with E-state index >= 15 is 0 Å². The molecule has 2 aromatic carbocycles. The second kappa shape index (κ2) is 9.31. The van der Waals surface area contributed by atoms with Gasteiger partial charge in [-0.3, -0.25) is 0 Å². The number of carbonyl (C=O) groups is 1. The van der Waals surface area contributed by atoms with E-state index in [0.29, 0.717) is 18.0 Å². The first kappa shape index (κ1) is 20.6. The van der Waals surface area contributed by atoms with Crippen LogP contribution in [0.1, 0.15) is 38.3 Å². The zero-order valence-electron chi connectivity index (χ0n) is 16.8. The lowest BCUT2D eigenvalue weighted by atomic mass is 9.79. The maximum absolute atomic E-state index is 12.2. The molecule has 0 bridgehead atoms. The molecule has 0 radical (unpaired) electrons. The molecule has 0 saturated heterocycles. The summed E-state index contributed by atoms with van der Waals surface area (Å²) in [6, 6.07) is 15.8. The maximum atomic E-state index is 12.2. The van der Waals surface area contributed by atoms with Gasteiger partial charge in [0.1, 0.15) is 0 Å². The van der Waals surface area contributed by atoms with Crippen LogP contribution in [-0.2, 0) is 12.0 Å². The molecule has 0 saturated carbocycles. The van der Waals surface area contributed by atoms with Crippen molar-refractivity contribution in [1.29, 1.82) is 0 Å². The molecule has 0 aliphatic carbocycles. The largest absolute Gasteiger partial charge is 0.493 e. The van der Waals surface area contributed by atoms with Gasteiger partial charge in [-0.2, -0.15) is 0 Å². The highest BCUT2D eigenvalue weighted by molar-refractivity contribution is 5.74. The zero-order chi connectivity index (χ0) is 19.9. The van der Waals surface area contributed by atoms with Crippen LogP contribution in [0, 0.1) is 0 Å². The Kier molecular flexibility index (Phi) is 7.11. The standard InChI is InChI=1S/C22H30N2O3/c1-16(14-22(2,3)18-9-7-6-8-10-18)24-21(25)23-15-17-11-12-19(26-4)20(13-17)27-5/h6-13,16H,14-15H2,1-5H3,(H2,23,24,25). The van der Waals surface area contributed by atoms with Crippen molar-refractivity contribution in [2.75, 3.05) is 14.2 Å². The van der Waals surface area contributed by atoms with Gasteiger partial charge in [0, 0.05) is 12.6 Å². The van der Waals surface area contributed by atoms with Gasteiger partial charge in [0.05, 0.1) is 14.2 Å². The summed E-state index contributed by atoms with van der Waals surface area (Å²) in [5, 5.41) is 5.92. The minimum Gasteiger partial charge on any atom is -0.493 e. The maximum Gasteiger partial charge on any atom is 0.315 e. The van der Waals surface area contributed by atoms with Gasteiger partial charge in [0.2, 0.25) is 0 Å². The quantitative estimate of drug-likeness (QED) is 0.730. The smallest absolute Gasteiger partial charge is 0.315 e. The fourth-order valence-corrected chi connectivity index (χ4v) is 3.27. The van der Waals surface area contributed by atoms with Crippen LogP contribution in [0.5, 0.6) is 11.5 Å². The van der Waals surface area contributed by atoms with Gasteiger partial charge in [-0.1, -0.05) is 50.2 Å². The van der Waals surface area contributed by atoms with Crippen LogP contribution in [0.15, 0.2) is 48.5 Å².